The fourth-order valence-electron chi connectivity index (χ4n) is 2.26. The molecule has 0 aliphatic heterocycles. The number of rotatable bonds is 3. The third-order valence-corrected chi connectivity index (χ3v) is 3.43. The minimum absolute atomic E-state index is 0.838. The Morgan fingerprint density at radius 2 is 1.94 bits per heavy atom. The molecule has 0 fully saturated rings. The summed E-state index contributed by atoms with van der Waals surface area (Å²) in [6, 6.07) is 6.18. The molecule has 0 saturated carbocycles. The van der Waals surface area contributed by atoms with Gasteiger partial charge in [0.15, 0.2) is 0 Å². The normalized spacial score (nSPS) is 11.6. The van der Waals surface area contributed by atoms with Gasteiger partial charge < -0.3 is 15.2 Å². The molecule has 0 radical (unpaired) electrons. The summed E-state index contributed by atoms with van der Waals surface area (Å²) in [5, 5.41) is 1.28. The Labute approximate surface area is 103 Å². The predicted octanol–water partition coefficient (Wildman–Crippen LogP) is 2.40. The minimum atomic E-state index is 0.838. The van der Waals surface area contributed by atoms with Crippen molar-refractivity contribution in [3.8, 4) is 0 Å². The number of hydrogen-bond donors (Lipinski definition) is 1. The average Bonchev–Trinajstić information content (AvgIpc) is 2.50. The summed E-state index contributed by atoms with van der Waals surface area (Å²) in [5.74, 6) is 0. The monoisotopic (exact) mass is 231 g/mol. The lowest BCUT2D eigenvalue weighted by Gasteiger charge is -2.13. The van der Waals surface area contributed by atoms with Gasteiger partial charge in [-0.05, 0) is 51.7 Å². The van der Waals surface area contributed by atoms with Crippen LogP contribution in [0.1, 0.15) is 11.3 Å². The van der Waals surface area contributed by atoms with E-state index in [-0.39, 0.29) is 0 Å². The van der Waals surface area contributed by atoms with Crippen molar-refractivity contribution in [1.29, 1.82) is 0 Å². The van der Waals surface area contributed by atoms with Crippen LogP contribution >= 0.6 is 0 Å². The average molecular weight is 231 g/mol. The molecule has 2 N–H and O–H groups in total. The lowest BCUT2D eigenvalue weighted by Crippen LogP contribution is -2.18. The van der Waals surface area contributed by atoms with E-state index in [0.29, 0.717) is 0 Å². The number of nitrogens with two attached hydrogens (primary N) is 1. The highest BCUT2D eigenvalue weighted by atomic mass is 15.1. The number of fused-ring (bicyclic) bond motifs is 1. The maximum absolute atomic E-state index is 5.86. The standard InChI is InChI=1S/C14H21N3/c1-10-11(2)17(8-7-16(3)4)14-6-5-12(15)9-13(10)14/h5-6,9H,7-8,15H2,1-4H3. The van der Waals surface area contributed by atoms with Crippen LogP contribution < -0.4 is 5.73 Å². The van der Waals surface area contributed by atoms with Crippen LogP contribution in [-0.4, -0.2) is 30.1 Å². The van der Waals surface area contributed by atoms with E-state index in [1.807, 2.05) is 6.07 Å². The number of aromatic nitrogens is 1. The number of nitrogens with zero attached hydrogens (tertiary/aromatic N) is 2. The molecule has 2 aromatic rings. The zero-order valence-electron chi connectivity index (χ0n) is 11.1. The first-order valence-corrected chi connectivity index (χ1v) is 6.00. The summed E-state index contributed by atoms with van der Waals surface area (Å²) in [6.45, 7) is 6.42. The van der Waals surface area contributed by atoms with Gasteiger partial charge in [0.2, 0.25) is 0 Å². The molecular formula is C14H21N3. The van der Waals surface area contributed by atoms with Crippen LogP contribution in [0.5, 0.6) is 0 Å². The van der Waals surface area contributed by atoms with E-state index in [1.165, 1.54) is 22.2 Å². The van der Waals surface area contributed by atoms with Crippen LogP contribution in [-0.2, 0) is 6.54 Å². The molecule has 2 rings (SSSR count). The second-order valence-electron chi connectivity index (χ2n) is 4.94. The SMILES string of the molecule is Cc1c(C)n(CCN(C)C)c2ccc(N)cc12. The lowest BCUT2D eigenvalue weighted by atomic mass is 10.1. The zero-order chi connectivity index (χ0) is 12.6. The Bertz CT molecular complexity index is 538. The number of aryl methyl sites for hydroxylation is 1. The number of anilines is 1. The lowest BCUT2D eigenvalue weighted by molar-refractivity contribution is 0.385. The second kappa shape index (κ2) is 4.41. The van der Waals surface area contributed by atoms with Gasteiger partial charge in [0.1, 0.15) is 0 Å². The van der Waals surface area contributed by atoms with E-state index in [1.54, 1.807) is 0 Å². The summed E-state index contributed by atoms with van der Waals surface area (Å²) in [6.07, 6.45) is 0. The van der Waals surface area contributed by atoms with Crippen LogP contribution in [0.3, 0.4) is 0 Å². The van der Waals surface area contributed by atoms with Crippen molar-refractivity contribution < 1.29 is 0 Å². The molecule has 1 aromatic carbocycles. The van der Waals surface area contributed by atoms with Gasteiger partial charge in [-0.25, -0.2) is 0 Å². The van der Waals surface area contributed by atoms with Crippen LogP contribution in [0.2, 0.25) is 0 Å². The number of nitrogen functional groups attached to an aromatic ring is 1. The van der Waals surface area contributed by atoms with Gasteiger partial charge in [0.05, 0.1) is 0 Å². The van der Waals surface area contributed by atoms with E-state index in [2.05, 4.69) is 49.5 Å². The van der Waals surface area contributed by atoms with E-state index < -0.39 is 0 Å². The molecule has 0 bridgehead atoms. The molecular weight excluding hydrogens is 210 g/mol. The first kappa shape index (κ1) is 12.0. The van der Waals surface area contributed by atoms with Gasteiger partial charge >= 0.3 is 0 Å². The van der Waals surface area contributed by atoms with Crippen LogP contribution in [0.15, 0.2) is 18.2 Å². The molecule has 1 heterocycles. The molecule has 0 amide bonds. The third-order valence-electron chi connectivity index (χ3n) is 3.43. The molecule has 17 heavy (non-hydrogen) atoms. The third kappa shape index (κ3) is 2.15. The summed E-state index contributed by atoms with van der Waals surface area (Å²) in [5.41, 5.74) is 10.7. The number of likely N-dealkylation sites (N-methyl/N-ethyl adjacent to an activating group) is 1. The minimum Gasteiger partial charge on any atom is -0.399 e. The molecule has 0 aliphatic rings. The summed E-state index contributed by atoms with van der Waals surface area (Å²) in [4.78, 5) is 2.21. The van der Waals surface area contributed by atoms with Crippen molar-refractivity contribution in [2.75, 3.05) is 26.4 Å². The maximum atomic E-state index is 5.86. The Kier molecular flexibility index (Phi) is 3.11. The quantitative estimate of drug-likeness (QED) is 0.823. The first-order valence-electron chi connectivity index (χ1n) is 6.00. The maximum Gasteiger partial charge on any atom is 0.0487 e. The molecule has 1 aromatic heterocycles. The summed E-state index contributed by atoms with van der Waals surface area (Å²) >= 11 is 0. The van der Waals surface area contributed by atoms with Gasteiger partial charge in [-0.2, -0.15) is 0 Å². The Hall–Kier alpha value is -1.48. The molecule has 3 heteroatoms. The highest BCUT2D eigenvalue weighted by molar-refractivity contribution is 5.87. The Morgan fingerprint density at radius 3 is 2.59 bits per heavy atom. The van der Waals surface area contributed by atoms with Crippen LogP contribution in [0.4, 0.5) is 5.69 Å². The highest BCUT2D eigenvalue weighted by Crippen LogP contribution is 2.26. The number of benzene rings is 1. The molecule has 0 atom stereocenters. The summed E-state index contributed by atoms with van der Waals surface area (Å²) < 4.78 is 2.38. The summed E-state index contributed by atoms with van der Waals surface area (Å²) in [7, 11) is 4.21. The Balaban J connectivity index is 2.51. The van der Waals surface area contributed by atoms with Crippen molar-refractivity contribution in [3.05, 3.63) is 29.5 Å². The fraction of sp³-hybridized carbons (Fsp3) is 0.429. The van der Waals surface area contributed by atoms with Crippen molar-refractivity contribution >= 4 is 16.6 Å². The van der Waals surface area contributed by atoms with Gasteiger partial charge in [-0.3, -0.25) is 0 Å². The van der Waals surface area contributed by atoms with Crippen molar-refractivity contribution in [2.45, 2.75) is 20.4 Å². The molecule has 0 unspecified atom stereocenters. The molecule has 92 valence electrons. The predicted molar refractivity (Wildman–Crippen MR) is 74.4 cm³/mol. The topological polar surface area (TPSA) is 34.2 Å². The molecule has 0 saturated heterocycles. The van der Waals surface area contributed by atoms with Gasteiger partial charge in [0.25, 0.3) is 0 Å². The van der Waals surface area contributed by atoms with Gasteiger partial charge in [-0.15, -0.1) is 0 Å². The van der Waals surface area contributed by atoms with Crippen molar-refractivity contribution in [1.82, 2.24) is 9.47 Å². The molecule has 0 spiro atoms. The molecule has 0 aliphatic carbocycles. The van der Waals surface area contributed by atoms with E-state index in [4.69, 9.17) is 5.73 Å². The van der Waals surface area contributed by atoms with E-state index in [0.717, 1.165) is 18.8 Å². The molecule has 3 nitrogen and oxygen atoms in total. The second-order valence-corrected chi connectivity index (χ2v) is 4.94. The zero-order valence-corrected chi connectivity index (χ0v) is 11.1. The van der Waals surface area contributed by atoms with Gasteiger partial charge in [-0.1, -0.05) is 0 Å². The van der Waals surface area contributed by atoms with Crippen molar-refractivity contribution in [3.63, 3.8) is 0 Å². The van der Waals surface area contributed by atoms with Crippen LogP contribution in [0.25, 0.3) is 10.9 Å². The van der Waals surface area contributed by atoms with E-state index >= 15 is 0 Å². The number of hydrogen-bond acceptors (Lipinski definition) is 2. The Morgan fingerprint density at radius 1 is 1.24 bits per heavy atom. The van der Waals surface area contributed by atoms with Gasteiger partial charge in [0, 0.05) is 35.4 Å². The van der Waals surface area contributed by atoms with Crippen LogP contribution in [0, 0.1) is 13.8 Å². The largest absolute Gasteiger partial charge is 0.399 e. The smallest absolute Gasteiger partial charge is 0.0487 e. The first-order chi connectivity index (χ1) is 8.00. The van der Waals surface area contributed by atoms with E-state index in [9.17, 15) is 0 Å². The fourth-order valence-corrected chi connectivity index (χ4v) is 2.26. The van der Waals surface area contributed by atoms with Crippen molar-refractivity contribution in [2.24, 2.45) is 0 Å². The highest BCUT2D eigenvalue weighted by Gasteiger charge is 2.10.